The fraction of sp³-hybridized carbons (Fsp3) is 0.500. The molecule has 0 aliphatic carbocycles. The number of nitrogens with one attached hydrogen (secondary N) is 1. The SMILES string of the molecule is CCOCC(O)CNc1c(Cl)cccc1C(F)(F)F. The molecule has 1 atom stereocenters. The van der Waals surface area contributed by atoms with E-state index in [0.717, 1.165) is 6.07 Å². The van der Waals surface area contributed by atoms with Gasteiger partial charge in [-0.25, -0.2) is 0 Å². The topological polar surface area (TPSA) is 41.5 Å². The van der Waals surface area contributed by atoms with Gasteiger partial charge in [0.1, 0.15) is 0 Å². The molecule has 0 spiro atoms. The third-order valence-electron chi connectivity index (χ3n) is 2.35. The first-order valence-electron chi connectivity index (χ1n) is 5.71. The van der Waals surface area contributed by atoms with Crippen LogP contribution in [-0.4, -0.2) is 31.0 Å². The lowest BCUT2D eigenvalue weighted by Crippen LogP contribution is -2.26. The second-order valence-electron chi connectivity index (χ2n) is 3.85. The average Bonchev–Trinajstić information content (AvgIpc) is 2.33. The van der Waals surface area contributed by atoms with Crippen molar-refractivity contribution in [1.82, 2.24) is 0 Å². The molecule has 0 amide bonds. The third-order valence-corrected chi connectivity index (χ3v) is 2.66. The summed E-state index contributed by atoms with van der Waals surface area (Å²) in [5.74, 6) is 0. The van der Waals surface area contributed by atoms with Gasteiger partial charge in [0.15, 0.2) is 0 Å². The van der Waals surface area contributed by atoms with Crippen LogP contribution in [0.15, 0.2) is 18.2 Å². The Morgan fingerprint density at radius 1 is 1.42 bits per heavy atom. The number of ether oxygens (including phenoxy) is 1. The molecule has 0 bridgehead atoms. The van der Waals surface area contributed by atoms with Crippen molar-refractivity contribution >= 4 is 17.3 Å². The molecule has 1 aromatic rings. The Hall–Kier alpha value is -0.980. The van der Waals surface area contributed by atoms with Crippen LogP contribution in [0, 0.1) is 0 Å². The lowest BCUT2D eigenvalue weighted by molar-refractivity contribution is -0.137. The number of alkyl halides is 3. The fourth-order valence-electron chi connectivity index (χ4n) is 1.47. The minimum Gasteiger partial charge on any atom is -0.389 e. The zero-order valence-electron chi connectivity index (χ0n) is 10.3. The maximum atomic E-state index is 12.8. The van der Waals surface area contributed by atoms with Crippen molar-refractivity contribution in [3.63, 3.8) is 0 Å². The number of hydrogen-bond donors (Lipinski definition) is 2. The van der Waals surface area contributed by atoms with Gasteiger partial charge in [-0.1, -0.05) is 17.7 Å². The van der Waals surface area contributed by atoms with E-state index in [0.29, 0.717) is 6.61 Å². The molecule has 0 saturated carbocycles. The van der Waals surface area contributed by atoms with Crippen molar-refractivity contribution in [2.24, 2.45) is 0 Å². The van der Waals surface area contributed by atoms with Gasteiger partial charge in [-0.05, 0) is 19.1 Å². The van der Waals surface area contributed by atoms with E-state index < -0.39 is 17.8 Å². The van der Waals surface area contributed by atoms with E-state index in [1.165, 1.54) is 12.1 Å². The molecule has 1 rings (SSSR count). The van der Waals surface area contributed by atoms with E-state index in [1.807, 2.05) is 0 Å². The summed E-state index contributed by atoms with van der Waals surface area (Å²) in [6.07, 6.45) is -5.41. The highest BCUT2D eigenvalue weighted by Gasteiger charge is 2.34. The highest BCUT2D eigenvalue weighted by molar-refractivity contribution is 6.33. The molecule has 2 N–H and O–H groups in total. The van der Waals surface area contributed by atoms with E-state index in [1.54, 1.807) is 6.92 Å². The van der Waals surface area contributed by atoms with E-state index in [2.05, 4.69) is 5.32 Å². The van der Waals surface area contributed by atoms with Gasteiger partial charge in [-0.15, -0.1) is 0 Å². The lowest BCUT2D eigenvalue weighted by atomic mass is 10.1. The Kier molecular flexibility index (Phi) is 5.90. The van der Waals surface area contributed by atoms with Gasteiger partial charge in [-0.2, -0.15) is 13.2 Å². The molecule has 0 heterocycles. The van der Waals surface area contributed by atoms with Crippen molar-refractivity contribution in [3.05, 3.63) is 28.8 Å². The Morgan fingerprint density at radius 2 is 2.11 bits per heavy atom. The minimum absolute atomic E-state index is 0.0431. The number of rotatable bonds is 6. The summed E-state index contributed by atoms with van der Waals surface area (Å²) in [5, 5.41) is 12.0. The number of para-hydroxylation sites is 1. The Bertz CT molecular complexity index is 412. The first-order valence-corrected chi connectivity index (χ1v) is 6.09. The zero-order valence-corrected chi connectivity index (χ0v) is 11.1. The molecule has 3 nitrogen and oxygen atoms in total. The van der Waals surface area contributed by atoms with Crippen LogP contribution in [0.4, 0.5) is 18.9 Å². The second-order valence-corrected chi connectivity index (χ2v) is 4.26. The molecule has 1 aromatic carbocycles. The second kappa shape index (κ2) is 6.98. The number of anilines is 1. The van der Waals surface area contributed by atoms with Crippen molar-refractivity contribution in [2.75, 3.05) is 25.1 Å². The van der Waals surface area contributed by atoms with Crippen LogP contribution in [-0.2, 0) is 10.9 Å². The van der Waals surface area contributed by atoms with Gasteiger partial charge in [0.05, 0.1) is 29.0 Å². The average molecular weight is 298 g/mol. The fourth-order valence-corrected chi connectivity index (χ4v) is 1.71. The molecule has 0 aliphatic heterocycles. The van der Waals surface area contributed by atoms with Crippen LogP contribution < -0.4 is 5.32 Å². The van der Waals surface area contributed by atoms with Crippen LogP contribution in [0.2, 0.25) is 5.02 Å². The summed E-state index contributed by atoms with van der Waals surface area (Å²) in [6.45, 7) is 2.16. The van der Waals surface area contributed by atoms with Gasteiger partial charge in [0, 0.05) is 13.2 Å². The molecule has 0 aromatic heterocycles. The lowest BCUT2D eigenvalue weighted by Gasteiger charge is -2.18. The maximum absolute atomic E-state index is 12.8. The Morgan fingerprint density at radius 3 is 2.68 bits per heavy atom. The van der Waals surface area contributed by atoms with Crippen LogP contribution in [0.25, 0.3) is 0 Å². The first kappa shape index (κ1) is 16.1. The molecular weight excluding hydrogens is 283 g/mol. The summed E-state index contributed by atoms with van der Waals surface area (Å²) >= 11 is 5.75. The van der Waals surface area contributed by atoms with Crippen LogP contribution in [0.5, 0.6) is 0 Å². The van der Waals surface area contributed by atoms with Crippen molar-refractivity contribution < 1.29 is 23.0 Å². The van der Waals surface area contributed by atoms with Crippen LogP contribution >= 0.6 is 11.6 Å². The normalized spacial score (nSPS) is 13.4. The molecule has 108 valence electrons. The molecule has 0 fully saturated rings. The summed E-state index contributed by atoms with van der Waals surface area (Å²) < 4.78 is 43.3. The number of halogens is 4. The van der Waals surface area contributed by atoms with Gasteiger partial charge in [-0.3, -0.25) is 0 Å². The molecule has 0 aliphatic rings. The number of hydrogen-bond acceptors (Lipinski definition) is 3. The number of aliphatic hydroxyl groups is 1. The minimum atomic E-state index is -4.50. The molecular formula is C12H15ClF3NO2. The molecule has 19 heavy (non-hydrogen) atoms. The summed E-state index contributed by atoms with van der Waals surface area (Å²) in [4.78, 5) is 0. The van der Waals surface area contributed by atoms with Crippen LogP contribution in [0.3, 0.4) is 0 Å². The molecule has 0 saturated heterocycles. The predicted molar refractivity (Wildman–Crippen MR) is 67.4 cm³/mol. The summed E-state index contributed by atoms with van der Waals surface area (Å²) in [7, 11) is 0. The monoisotopic (exact) mass is 297 g/mol. The quantitative estimate of drug-likeness (QED) is 0.847. The molecule has 0 radical (unpaired) electrons. The number of benzene rings is 1. The van der Waals surface area contributed by atoms with E-state index in [-0.39, 0.29) is 23.9 Å². The number of aliphatic hydroxyl groups excluding tert-OH is 1. The Labute approximate surface area is 114 Å². The van der Waals surface area contributed by atoms with Crippen molar-refractivity contribution in [1.29, 1.82) is 0 Å². The van der Waals surface area contributed by atoms with Gasteiger partial charge in [0.25, 0.3) is 0 Å². The smallest absolute Gasteiger partial charge is 0.389 e. The Balaban J connectivity index is 2.77. The van der Waals surface area contributed by atoms with Crippen molar-refractivity contribution in [2.45, 2.75) is 19.2 Å². The van der Waals surface area contributed by atoms with Crippen molar-refractivity contribution in [3.8, 4) is 0 Å². The predicted octanol–water partition coefficient (Wildman–Crippen LogP) is 3.17. The highest BCUT2D eigenvalue weighted by atomic mass is 35.5. The first-order chi connectivity index (χ1) is 8.86. The molecule has 7 heteroatoms. The molecule has 1 unspecified atom stereocenters. The van der Waals surface area contributed by atoms with Crippen LogP contribution in [0.1, 0.15) is 12.5 Å². The van der Waals surface area contributed by atoms with E-state index in [4.69, 9.17) is 16.3 Å². The van der Waals surface area contributed by atoms with E-state index in [9.17, 15) is 18.3 Å². The zero-order chi connectivity index (χ0) is 14.5. The van der Waals surface area contributed by atoms with Gasteiger partial charge in [0.2, 0.25) is 0 Å². The van der Waals surface area contributed by atoms with E-state index >= 15 is 0 Å². The maximum Gasteiger partial charge on any atom is 0.418 e. The third kappa shape index (κ3) is 4.89. The van der Waals surface area contributed by atoms with Gasteiger partial charge >= 0.3 is 6.18 Å². The summed E-state index contributed by atoms with van der Waals surface area (Å²) in [5.41, 5.74) is -1.09. The standard InChI is InChI=1S/C12H15ClF3NO2/c1-2-19-7-8(18)6-17-11-9(12(14,15)16)4-3-5-10(11)13/h3-5,8,17-18H,2,6-7H2,1H3. The van der Waals surface area contributed by atoms with Gasteiger partial charge < -0.3 is 15.2 Å². The largest absolute Gasteiger partial charge is 0.418 e. The summed E-state index contributed by atoms with van der Waals surface area (Å²) in [6, 6.07) is 3.52. The highest BCUT2D eigenvalue weighted by Crippen LogP contribution is 2.38.